The molecule has 0 spiro atoms. The maximum Gasteiger partial charge on any atom is 0.338 e. The van der Waals surface area contributed by atoms with Crippen molar-refractivity contribution in [1.29, 1.82) is 0 Å². The molecule has 0 aromatic heterocycles. The first kappa shape index (κ1) is 14.7. The number of nitrogen functional groups attached to an aromatic ring is 1. The molecule has 6 heteroatoms. The SMILES string of the molecule is Nc1ccc(C(=O)OCC(=O)N2CCCCC2)cc1Cl. The first-order chi connectivity index (χ1) is 9.58. The number of piperidine rings is 1. The van der Waals surface area contributed by atoms with Crippen LogP contribution in [0.25, 0.3) is 0 Å². The van der Waals surface area contributed by atoms with Crippen LogP contribution in [0.1, 0.15) is 29.6 Å². The molecule has 0 atom stereocenters. The number of rotatable bonds is 3. The molecule has 1 aliphatic heterocycles. The number of hydrogen-bond donors (Lipinski definition) is 1. The third kappa shape index (κ3) is 3.63. The van der Waals surface area contributed by atoms with E-state index in [1.165, 1.54) is 18.2 Å². The van der Waals surface area contributed by atoms with Gasteiger partial charge in [-0.15, -0.1) is 0 Å². The van der Waals surface area contributed by atoms with E-state index in [2.05, 4.69) is 0 Å². The average Bonchev–Trinajstić information content (AvgIpc) is 2.48. The van der Waals surface area contributed by atoms with Gasteiger partial charge in [-0.25, -0.2) is 4.79 Å². The van der Waals surface area contributed by atoms with Crippen molar-refractivity contribution in [1.82, 2.24) is 4.90 Å². The zero-order valence-corrected chi connectivity index (χ0v) is 11.9. The van der Waals surface area contributed by atoms with Gasteiger partial charge in [-0.1, -0.05) is 11.6 Å². The van der Waals surface area contributed by atoms with Gasteiger partial charge in [0.1, 0.15) is 0 Å². The fraction of sp³-hybridized carbons (Fsp3) is 0.429. The van der Waals surface area contributed by atoms with Crippen LogP contribution in [0.15, 0.2) is 18.2 Å². The molecule has 1 aliphatic rings. The van der Waals surface area contributed by atoms with Gasteiger partial charge in [0.15, 0.2) is 6.61 Å². The van der Waals surface area contributed by atoms with Gasteiger partial charge in [-0.3, -0.25) is 4.79 Å². The number of ether oxygens (including phenoxy) is 1. The van der Waals surface area contributed by atoms with Crippen LogP contribution < -0.4 is 5.73 Å². The summed E-state index contributed by atoms with van der Waals surface area (Å²) in [5.74, 6) is -0.725. The molecule has 5 nitrogen and oxygen atoms in total. The number of hydrogen-bond acceptors (Lipinski definition) is 4. The van der Waals surface area contributed by atoms with Crippen LogP contribution in [0.5, 0.6) is 0 Å². The molecule has 0 bridgehead atoms. The van der Waals surface area contributed by atoms with Crippen molar-refractivity contribution in [3.8, 4) is 0 Å². The Morgan fingerprint density at radius 3 is 2.60 bits per heavy atom. The summed E-state index contributed by atoms with van der Waals surface area (Å²) in [6, 6.07) is 4.49. The molecule has 0 aliphatic carbocycles. The zero-order valence-electron chi connectivity index (χ0n) is 11.1. The number of anilines is 1. The molecule has 20 heavy (non-hydrogen) atoms. The van der Waals surface area contributed by atoms with E-state index in [-0.39, 0.29) is 18.1 Å². The third-order valence-corrected chi connectivity index (χ3v) is 3.60. The number of nitrogens with two attached hydrogens (primary N) is 1. The minimum atomic E-state index is -0.572. The molecule has 1 amide bonds. The summed E-state index contributed by atoms with van der Waals surface area (Å²) in [5.41, 5.74) is 6.25. The summed E-state index contributed by atoms with van der Waals surface area (Å²) >= 11 is 5.83. The lowest BCUT2D eigenvalue weighted by molar-refractivity contribution is -0.135. The van der Waals surface area contributed by atoms with E-state index in [0.717, 1.165) is 32.4 Å². The minimum Gasteiger partial charge on any atom is -0.452 e. The maximum absolute atomic E-state index is 11.9. The van der Waals surface area contributed by atoms with Gasteiger partial charge < -0.3 is 15.4 Å². The molecule has 2 rings (SSSR count). The number of carbonyl (C=O) groups is 2. The summed E-state index contributed by atoms with van der Waals surface area (Å²) in [7, 11) is 0. The Balaban J connectivity index is 1.88. The Labute approximate surface area is 122 Å². The van der Waals surface area contributed by atoms with E-state index in [1.54, 1.807) is 4.90 Å². The highest BCUT2D eigenvalue weighted by Gasteiger charge is 2.18. The summed E-state index contributed by atoms with van der Waals surface area (Å²) in [5, 5.41) is 0.293. The van der Waals surface area contributed by atoms with Gasteiger partial charge in [0.2, 0.25) is 0 Å². The topological polar surface area (TPSA) is 72.6 Å². The van der Waals surface area contributed by atoms with Crippen molar-refractivity contribution in [3.05, 3.63) is 28.8 Å². The van der Waals surface area contributed by atoms with Crippen molar-refractivity contribution in [2.45, 2.75) is 19.3 Å². The van der Waals surface area contributed by atoms with E-state index in [1.807, 2.05) is 0 Å². The van der Waals surface area contributed by atoms with E-state index in [4.69, 9.17) is 22.1 Å². The molecule has 0 unspecified atom stereocenters. The molecule has 1 fully saturated rings. The maximum atomic E-state index is 11.9. The Morgan fingerprint density at radius 1 is 1.25 bits per heavy atom. The second-order valence-electron chi connectivity index (χ2n) is 4.75. The second-order valence-corrected chi connectivity index (χ2v) is 5.16. The standard InChI is InChI=1S/C14H17ClN2O3/c15-11-8-10(4-5-12(11)16)14(19)20-9-13(18)17-6-2-1-3-7-17/h4-5,8H,1-3,6-7,9,16H2. The molecule has 108 valence electrons. The number of nitrogens with zero attached hydrogens (tertiary/aromatic N) is 1. The molecule has 1 aromatic rings. The molecule has 2 N–H and O–H groups in total. The number of carbonyl (C=O) groups excluding carboxylic acids is 2. The van der Waals surface area contributed by atoms with Gasteiger partial charge in [-0.2, -0.15) is 0 Å². The predicted molar refractivity (Wildman–Crippen MR) is 76.6 cm³/mol. The van der Waals surface area contributed by atoms with E-state index in [0.29, 0.717) is 10.7 Å². The van der Waals surface area contributed by atoms with E-state index >= 15 is 0 Å². The van der Waals surface area contributed by atoms with Crippen molar-refractivity contribution in [2.24, 2.45) is 0 Å². The normalized spacial score (nSPS) is 14.9. The fourth-order valence-electron chi connectivity index (χ4n) is 2.10. The average molecular weight is 297 g/mol. The molecule has 0 saturated carbocycles. The molecule has 1 saturated heterocycles. The molecular formula is C14H17ClN2O3. The lowest BCUT2D eigenvalue weighted by Crippen LogP contribution is -2.38. The quantitative estimate of drug-likeness (QED) is 0.685. The second kappa shape index (κ2) is 6.61. The van der Waals surface area contributed by atoms with Crippen molar-refractivity contribution < 1.29 is 14.3 Å². The number of likely N-dealkylation sites (tertiary alicyclic amines) is 1. The van der Waals surface area contributed by atoms with Gasteiger partial charge in [-0.05, 0) is 37.5 Å². The largest absolute Gasteiger partial charge is 0.452 e. The lowest BCUT2D eigenvalue weighted by atomic mass is 10.1. The highest BCUT2D eigenvalue weighted by atomic mass is 35.5. The van der Waals surface area contributed by atoms with Crippen LogP contribution in [0, 0.1) is 0 Å². The van der Waals surface area contributed by atoms with Crippen LogP contribution in [-0.2, 0) is 9.53 Å². The number of benzene rings is 1. The smallest absolute Gasteiger partial charge is 0.338 e. The van der Waals surface area contributed by atoms with Crippen LogP contribution in [-0.4, -0.2) is 36.5 Å². The van der Waals surface area contributed by atoms with E-state index < -0.39 is 5.97 Å². The van der Waals surface area contributed by atoms with Crippen molar-refractivity contribution >= 4 is 29.2 Å². The molecular weight excluding hydrogens is 280 g/mol. The van der Waals surface area contributed by atoms with Crippen LogP contribution >= 0.6 is 11.6 Å². The Morgan fingerprint density at radius 2 is 1.95 bits per heavy atom. The first-order valence-corrected chi connectivity index (χ1v) is 6.95. The number of amides is 1. The van der Waals surface area contributed by atoms with Gasteiger partial charge in [0.25, 0.3) is 5.91 Å². The molecule has 1 aromatic carbocycles. The van der Waals surface area contributed by atoms with Crippen molar-refractivity contribution in [2.75, 3.05) is 25.4 Å². The summed E-state index contributed by atoms with van der Waals surface area (Å²) in [6.07, 6.45) is 3.16. The number of halogens is 1. The van der Waals surface area contributed by atoms with Gasteiger partial charge >= 0.3 is 5.97 Å². The van der Waals surface area contributed by atoms with Gasteiger partial charge in [0, 0.05) is 13.1 Å². The van der Waals surface area contributed by atoms with Gasteiger partial charge in [0.05, 0.1) is 16.3 Å². The van der Waals surface area contributed by atoms with Crippen LogP contribution in [0.4, 0.5) is 5.69 Å². The highest BCUT2D eigenvalue weighted by molar-refractivity contribution is 6.33. The highest BCUT2D eigenvalue weighted by Crippen LogP contribution is 2.20. The third-order valence-electron chi connectivity index (χ3n) is 3.27. The Bertz CT molecular complexity index is 513. The number of esters is 1. The summed E-state index contributed by atoms with van der Waals surface area (Å²) < 4.78 is 5.01. The Hall–Kier alpha value is -1.75. The molecule has 1 heterocycles. The Kier molecular flexibility index (Phi) is 4.84. The summed E-state index contributed by atoms with van der Waals surface area (Å²) in [4.78, 5) is 25.4. The lowest BCUT2D eigenvalue weighted by Gasteiger charge is -2.26. The van der Waals surface area contributed by atoms with Crippen molar-refractivity contribution in [3.63, 3.8) is 0 Å². The first-order valence-electron chi connectivity index (χ1n) is 6.58. The molecule has 0 radical (unpaired) electrons. The van der Waals surface area contributed by atoms with Crippen LogP contribution in [0.3, 0.4) is 0 Å². The predicted octanol–water partition coefficient (Wildman–Crippen LogP) is 2.09. The zero-order chi connectivity index (χ0) is 14.5. The van der Waals surface area contributed by atoms with E-state index in [9.17, 15) is 9.59 Å². The minimum absolute atomic E-state index is 0.153. The monoisotopic (exact) mass is 296 g/mol. The fourth-order valence-corrected chi connectivity index (χ4v) is 2.28. The van der Waals surface area contributed by atoms with Crippen LogP contribution in [0.2, 0.25) is 5.02 Å². The summed E-state index contributed by atoms with van der Waals surface area (Å²) in [6.45, 7) is 1.25.